The van der Waals surface area contributed by atoms with E-state index in [2.05, 4.69) is 0 Å². The van der Waals surface area contributed by atoms with Crippen LogP contribution in [0.25, 0.3) is 0 Å². The van der Waals surface area contributed by atoms with E-state index in [0.717, 1.165) is 0 Å². The Kier molecular flexibility index (Phi) is 4.78. The molecule has 0 aliphatic carbocycles. The summed E-state index contributed by atoms with van der Waals surface area (Å²) in [6, 6.07) is 4.39. The summed E-state index contributed by atoms with van der Waals surface area (Å²) in [7, 11) is 0. The van der Waals surface area contributed by atoms with Gasteiger partial charge in [-0.25, -0.2) is 9.59 Å². The molecule has 0 spiro atoms. The molecule has 0 aliphatic rings. The van der Waals surface area contributed by atoms with Crippen molar-refractivity contribution in [3.63, 3.8) is 0 Å². The minimum atomic E-state index is -0.694. The molecule has 0 bridgehead atoms. The average molecular weight is 286 g/mol. The molecule has 0 saturated heterocycles. The lowest BCUT2D eigenvalue weighted by molar-refractivity contribution is -0.158. The summed E-state index contributed by atoms with van der Waals surface area (Å²) >= 11 is 5.72. The molecule has 1 rings (SSSR count). The Morgan fingerprint density at radius 1 is 1.32 bits per heavy atom. The fourth-order valence-electron chi connectivity index (χ4n) is 1.29. The molecule has 1 aromatic carbocycles. The number of carbonyl (C=O) groups is 2. The fourth-order valence-corrected chi connectivity index (χ4v) is 1.47. The van der Waals surface area contributed by atoms with Crippen LogP contribution < -0.4 is 5.73 Å². The molecule has 0 amide bonds. The van der Waals surface area contributed by atoms with E-state index >= 15 is 0 Å². The van der Waals surface area contributed by atoms with Gasteiger partial charge >= 0.3 is 11.9 Å². The van der Waals surface area contributed by atoms with Crippen molar-refractivity contribution in [1.82, 2.24) is 0 Å². The number of anilines is 1. The SMILES string of the molecule is CC(C)(C)OC(=O)COC(=O)c1ccc(Cl)cc1N. The van der Waals surface area contributed by atoms with Crippen molar-refractivity contribution in [2.24, 2.45) is 0 Å². The van der Waals surface area contributed by atoms with Crippen LogP contribution in [0.4, 0.5) is 5.69 Å². The van der Waals surface area contributed by atoms with E-state index in [9.17, 15) is 9.59 Å². The van der Waals surface area contributed by atoms with Gasteiger partial charge in [0.1, 0.15) is 5.60 Å². The number of benzene rings is 1. The Morgan fingerprint density at radius 2 is 1.95 bits per heavy atom. The van der Waals surface area contributed by atoms with Gasteiger partial charge in [0.2, 0.25) is 0 Å². The van der Waals surface area contributed by atoms with Crippen molar-refractivity contribution < 1.29 is 19.1 Å². The first-order chi connectivity index (χ1) is 8.69. The Balaban J connectivity index is 2.59. The van der Waals surface area contributed by atoms with E-state index in [0.29, 0.717) is 5.02 Å². The van der Waals surface area contributed by atoms with E-state index < -0.39 is 24.1 Å². The fraction of sp³-hybridized carbons (Fsp3) is 0.385. The number of nitrogens with two attached hydrogens (primary N) is 1. The number of halogens is 1. The number of esters is 2. The molecule has 0 unspecified atom stereocenters. The minimum absolute atomic E-state index is 0.160. The highest BCUT2D eigenvalue weighted by atomic mass is 35.5. The largest absolute Gasteiger partial charge is 0.457 e. The van der Waals surface area contributed by atoms with Gasteiger partial charge in [0.25, 0.3) is 0 Å². The van der Waals surface area contributed by atoms with Gasteiger partial charge in [0.15, 0.2) is 6.61 Å². The van der Waals surface area contributed by atoms with Crippen LogP contribution in [0.2, 0.25) is 5.02 Å². The smallest absolute Gasteiger partial charge is 0.344 e. The second-order valence-electron chi connectivity index (χ2n) is 4.89. The summed E-state index contributed by atoms with van der Waals surface area (Å²) in [5.41, 5.74) is 5.36. The molecule has 0 aromatic heterocycles. The quantitative estimate of drug-likeness (QED) is 0.681. The summed E-state index contributed by atoms with van der Waals surface area (Å²) in [4.78, 5) is 23.1. The van der Waals surface area contributed by atoms with Crippen LogP contribution in [0.15, 0.2) is 18.2 Å². The highest BCUT2D eigenvalue weighted by molar-refractivity contribution is 6.31. The summed E-state index contributed by atoms with van der Waals surface area (Å²) in [6.07, 6.45) is 0. The van der Waals surface area contributed by atoms with Crippen LogP contribution in [0.1, 0.15) is 31.1 Å². The Bertz CT molecular complexity index is 494. The second-order valence-corrected chi connectivity index (χ2v) is 5.33. The van der Waals surface area contributed by atoms with Gasteiger partial charge < -0.3 is 15.2 Å². The molecule has 2 N–H and O–H groups in total. The minimum Gasteiger partial charge on any atom is -0.457 e. The van der Waals surface area contributed by atoms with E-state index in [1.807, 2.05) is 0 Å². The lowest BCUT2D eigenvalue weighted by atomic mass is 10.2. The van der Waals surface area contributed by atoms with Gasteiger partial charge in [-0.2, -0.15) is 0 Å². The standard InChI is InChI=1S/C13H16ClNO4/c1-13(2,3)19-11(16)7-18-12(17)9-5-4-8(14)6-10(9)15/h4-6H,7,15H2,1-3H3. The summed E-state index contributed by atoms with van der Waals surface area (Å²) < 4.78 is 9.82. The van der Waals surface area contributed by atoms with Crippen molar-refractivity contribution in [1.29, 1.82) is 0 Å². The van der Waals surface area contributed by atoms with Crippen LogP contribution in [0.3, 0.4) is 0 Å². The number of hydrogen-bond acceptors (Lipinski definition) is 5. The van der Waals surface area contributed by atoms with Crippen molar-refractivity contribution >= 4 is 29.2 Å². The summed E-state index contributed by atoms with van der Waals surface area (Å²) in [5, 5.41) is 0.418. The summed E-state index contributed by atoms with van der Waals surface area (Å²) in [5.74, 6) is -1.31. The maximum Gasteiger partial charge on any atom is 0.344 e. The van der Waals surface area contributed by atoms with E-state index in [1.54, 1.807) is 20.8 Å². The monoisotopic (exact) mass is 285 g/mol. The van der Waals surface area contributed by atoms with Crippen molar-refractivity contribution in [3.8, 4) is 0 Å². The first-order valence-electron chi connectivity index (χ1n) is 5.63. The van der Waals surface area contributed by atoms with Crippen LogP contribution in [-0.2, 0) is 14.3 Å². The zero-order chi connectivity index (χ0) is 14.6. The number of carbonyl (C=O) groups excluding carboxylic acids is 2. The molecule has 0 aliphatic heterocycles. The maximum absolute atomic E-state index is 11.7. The number of rotatable bonds is 3. The first-order valence-corrected chi connectivity index (χ1v) is 6.01. The Labute approximate surface area is 116 Å². The molecule has 0 atom stereocenters. The second kappa shape index (κ2) is 5.93. The topological polar surface area (TPSA) is 78.6 Å². The summed E-state index contributed by atoms with van der Waals surface area (Å²) in [6.45, 7) is 4.72. The van der Waals surface area contributed by atoms with Crippen molar-refractivity contribution in [3.05, 3.63) is 28.8 Å². The van der Waals surface area contributed by atoms with Crippen LogP contribution >= 0.6 is 11.6 Å². The molecule has 0 heterocycles. The molecular weight excluding hydrogens is 270 g/mol. The van der Waals surface area contributed by atoms with E-state index in [1.165, 1.54) is 18.2 Å². The highest BCUT2D eigenvalue weighted by Crippen LogP contribution is 2.18. The lowest BCUT2D eigenvalue weighted by Crippen LogP contribution is -2.27. The number of hydrogen-bond donors (Lipinski definition) is 1. The average Bonchev–Trinajstić information content (AvgIpc) is 2.23. The van der Waals surface area contributed by atoms with Crippen molar-refractivity contribution in [2.45, 2.75) is 26.4 Å². The van der Waals surface area contributed by atoms with Gasteiger partial charge in [-0.15, -0.1) is 0 Å². The lowest BCUT2D eigenvalue weighted by Gasteiger charge is -2.19. The third kappa shape index (κ3) is 5.18. The molecule has 104 valence electrons. The third-order valence-electron chi connectivity index (χ3n) is 1.97. The van der Waals surface area contributed by atoms with E-state index in [-0.39, 0.29) is 11.3 Å². The molecular formula is C13H16ClNO4. The van der Waals surface area contributed by atoms with Gasteiger partial charge in [-0.05, 0) is 39.0 Å². The van der Waals surface area contributed by atoms with Gasteiger partial charge in [-0.1, -0.05) is 11.6 Å². The zero-order valence-corrected chi connectivity index (χ0v) is 11.8. The molecule has 1 aromatic rings. The van der Waals surface area contributed by atoms with Gasteiger partial charge in [0, 0.05) is 10.7 Å². The van der Waals surface area contributed by atoms with Crippen molar-refractivity contribution in [2.75, 3.05) is 12.3 Å². The Morgan fingerprint density at radius 3 is 2.47 bits per heavy atom. The third-order valence-corrected chi connectivity index (χ3v) is 2.21. The molecule has 0 radical (unpaired) electrons. The molecule has 0 saturated carbocycles. The van der Waals surface area contributed by atoms with Gasteiger partial charge in [0.05, 0.1) is 5.56 Å². The highest BCUT2D eigenvalue weighted by Gasteiger charge is 2.19. The number of ether oxygens (including phenoxy) is 2. The molecule has 19 heavy (non-hydrogen) atoms. The molecule has 5 nitrogen and oxygen atoms in total. The predicted molar refractivity (Wildman–Crippen MR) is 72.0 cm³/mol. The van der Waals surface area contributed by atoms with E-state index in [4.69, 9.17) is 26.8 Å². The molecule has 6 heteroatoms. The van der Waals surface area contributed by atoms with Crippen LogP contribution in [-0.4, -0.2) is 24.1 Å². The normalized spacial score (nSPS) is 10.9. The zero-order valence-electron chi connectivity index (χ0n) is 11.0. The first kappa shape index (κ1) is 15.3. The molecule has 0 fully saturated rings. The Hall–Kier alpha value is -1.75. The van der Waals surface area contributed by atoms with Gasteiger partial charge in [-0.3, -0.25) is 0 Å². The van der Waals surface area contributed by atoms with Crippen LogP contribution in [0, 0.1) is 0 Å². The predicted octanol–water partition coefficient (Wildman–Crippen LogP) is 2.42. The van der Waals surface area contributed by atoms with Crippen LogP contribution in [0.5, 0.6) is 0 Å². The maximum atomic E-state index is 11.7. The number of nitrogen functional groups attached to an aromatic ring is 1.